The van der Waals surface area contributed by atoms with Crippen molar-refractivity contribution < 1.29 is 14.3 Å². The van der Waals surface area contributed by atoms with Gasteiger partial charge in [-0.15, -0.1) is 0 Å². The Kier molecular flexibility index (Phi) is 7.32. The van der Waals surface area contributed by atoms with Crippen molar-refractivity contribution >= 4 is 35.3 Å². The second kappa shape index (κ2) is 9.71. The molecule has 0 atom stereocenters. The molecule has 130 valence electrons. The Hall–Kier alpha value is -2.50. The molecular formula is C18H16Cl2N2O3. The summed E-state index contributed by atoms with van der Waals surface area (Å²) in [4.78, 5) is 11.7. The second-order valence-corrected chi connectivity index (χ2v) is 5.59. The third kappa shape index (κ3) is 6.14. The third-order valence-corrected chi connectivity index (χ3v) is 3.71. The SMILES string of the molecule is C=CCOc1cccc(/C=N\NC(=O)COc2cccc(Cl)c2Cl)c1. The predicted octanol–water partition coefficient (Wildman–Crippen LogP) is 4.09. The molecule has 25 heavy (non-hydrogen) atoms. The first-order valence-electron chi connectivity index (χ1n) is 7.32. The summed E-state index contributed by atoms with van der Waals surface area (Å²) in [6.07, 6.45) is 3.16. The van der Waals surface area contributed by atoms with Gasteiger partial charge < -0.3 is 9.47 Å². The summed E-state index contributed by atoms with van der Waals surface area (Å²) < 4.78 is 10.7. The number of carbonyl (C=O) groups is 1. The molecule has 1 N–H and O–H groups in total. The molecule has 2 aromatic rings. The molecular weight excluding hydrogens is 363 g/mol. The van der Waals surface area contributed by atoms with Crippen molar-refractivity contribution in [1.29, 1.82) is 0 Å². The molecule has 1 amide bonds. The van der Waals surface area contributed by atoms with Gasteiger partial charge in [0.1, 0.15) is 23.1 Å². The van der Waals surface area contributed by atoms with Gasteiger partial charge in [0.05, 0.1) is 11.2 Å². The van der Waals surface area contributed by atoms with E-state index in [-0.39, 0.29) is 11.6 Å². The number of hydrogen-bond acceptors (Lipinski definition) is 4. The second-order valence-electron chi connectivity index (χ2n) is 4.81. The van der Waals surface area contributed by atoms with Crippen molar-refractivity contribution in [2.45, 2.75) is 0 Å². The minimum Gasteiger partial charge on any atom is -0.490 e. The van der Waals surface area contributed by atoms with Gasteiger partial charge in [-0.05, 0) is 29.8 Å². The molecule has 0 unspecified atom stereocenters. The van der Waals surface area contributed by atoms with Crippen molar-refractivity contribution in [3.8, 4) is 11.5 Å². The highest BCUT2D eigenvalue weighted by Gasteiger charge is 2.07. The van der Waals surface area contributed by atoms with Gasteiger partial charge in [0.2, 0.25) is 0 Å². The van der Waals surface area contributed by atoms with Crippen LogP contribution in [0.2, 0.25) is 10.0 Å². The van der Waals surface area contributed by atoms with E-state index in [2.05, 4.69) is 17.1 Å². The van der Waals surface area contributed by atoms with Crippen LogP contribution in [-0.2, 0) is 4.79 Å². The number of hydrogen-bond donors (Lipinski definition) is 1. The molecule has 5 nitrogen and oxygen atoms in total. The van der Waals surface area contributed by atoms with Gasteiger partial charge >= 0.3 is 0 Å². The molecule has 0 aliphatic carbocycles. The molecule has 0 heterocycles. The Labute approximate surface area is 155 Å². The number of ether oxygens (including phenoxy) is 2. The van der Waals surface area contributed by atoms with E-state index in [1.165, 1.54) is 6.21 Å². The zero-order chi connectivity index (χ0) is 18.1. The quantitative estimate of drug-likeness (QED) is 0.427. The van der Waals surface area contributed by atoms with E-state index >= 15 is 0 Å². The first kappa shape index (κ1) is 18.8. The van der Waals surface area contributed by atoms with Crippen LogP contribution < -0.4 is 14.9 Å². The Morgan fingerprint density at radius 3 is 2.80 bits per heavy atom. The zero-order valence-electron chi connectivity index (χ0n) is 13.2. The van der Waals surface area contributed by atoms with Crippen LogP contribution in [0.4, 0.5) is 0 Å². The predicted molar refractivity (Wildman–Crippen MR) is 99.8 cm³/mol. The van der Waals surface area contributed by atoms with E-state index in [0.717, 1.165) is 5.56 Å². The van der Waals surface area contributed by atoms with Crippen LogP contribution in [0.25, 0.3) is 0 Å². The standard InChI is InChI=1S/C18H16Cl2N2O3/c1-2-9-24-14-6-3-5-13(10-14)11-21-22-17(23)12-25-16-8-4-7-15(19)18(16)20/h2-8,10-11H,1,9,12H2,(H,22,23)/b21-11-. The number of hydrazone groups is 1. The van der Waals surface area contributed by atoms with Crippen LogP contribution in [0.5, 0.6) is 11.5 Å². The van der Waals surface area contributed by atoms with Crippen LogP contribution in [0.1, 0.15) is 5.56 Å². The van der Waals surface area contributed by atoms with Gasteiger partial charge in [-0.3, -0.25) is 4.79 Å². The van der Waals surface area contributed by atoms with Crippen LogP contribution in [0, 0.1) is 0 Å². The average Bonchev–Trinajstić information content (AvgIpc) is 2.61. The lowest BCUT2D eigenvalue weighted by Crippen LogP contribution is -2.24. The number of amides is 1. The molecule has 0 radical (unpaired) electrons. The van der Waals surface area contributed by atoms with Crippen LogP contribution in [0.3, 0.4) is 0 Å². The molecule has 0 bridgehead atoms. The van der Waals surface area contributed by atoms with Gasteiger partial charge in [0, 0.05) is 0 Å². The van der Waals surface area contributed by atoms with Gasteiger partial charge in [0.25, 0.3) is 5.91 Å². The maximum Gasteiger partial charge on any atom is 0.277 e. The zero-order valence-corrected chi connectivity index (χ0v) is 14.8. The molecule has 7 heteroatoms. The summed E-state index contributed by atoms with van der Waals surface area (Å²) in [5, 5.41) is 4.49. The summed E-state index contributed by atoms with van der Waals surface area (Å²) in [5.41, 5.74) is 3.15. The minimum atomic E-state index is -0.425. The van der Waals surface area contributed by atoms with Crippen LogP contribution in [-0.4, -0.2) is 25.3 Å². The Bertz CT molecular complexity index is 779. The molecule has 2 aromatic carbocycles. The molecule has 0 spiro atoms. The number of nitrogens with one attached hydrogen (secondary N) is 1. The number of halogens is 2. The summed E-state index contributed by atoms with van der Waals surface area (Å²) in [6.45, 7) is 3.77. The lowest BCUT2D eigenvalue weighted by Gasteiger charge is -2.07. The normalized spacial score (nSPS) is 10.5. The summed E-state index contributed by atoms with van der Waals surface area (Å²) in [6, 6.07) is 12.2. The van der Waals surface area contributed by atoms with E-state index in [9.17, 15) is 4.79 Å². The van der Waals surface area contributed by atoms with E-state index in [1.54, 1.807) is 30.3 Å². The molecule has 0 aliphatic heterocycles. The first-order chi connectivity index (χ1) is 12.1. The van der Waals surface area contributed by atoms with Crippen molar-refractivity contribution in [2.75, 3.05) is 13.2 Å². The number of benzene rings is 2. The van der Waals surface area contributed by atoms with Gasteiger partial charge in [-0.2, -0.15) is 5.10 Å². The van der Waals surface area contributed by atoms with Crippen LogP contribution in [0.15, 0.2) is 60.2 Å². The van der Waals surface area contributed by atoms with E-state index < -0.39 is 5.91 Å². The third-order valence-electron chi connectivity index (χ3n) is 2.90. The van der Waals surface area contributed by atoms with E-state index in [0.29, 0.717) is 23.1 Å². The summed E-state index contributed by atoms with van der Waals surface area (Å²) in [5.74, 6) is 0.598. The molecule has 0 aliphatic rings. The largest absolute Gasteiger partial charge is 0.490 e. The van der Waals surface area contributed by atoms with Crippen molar-refractivity contribution in [2.24, 2.45) is 5.10 Å². The minimum absolute atomic E-state index is 0.236. The van der Waals surface area contributed by atoms with Crippen molar-refractivity contribution in [3.05, 3.63) is 70.7 Å². The Balaban J connectivity index is 1.84. The Morgan fingerprint density at radius 2 is 2.00 bits per heavy atom. The average molecular weight is 379 g/mol. The maximum atomic E-state index is 11.7. The number of carbonyl (C=O) groups excluding carboxylic acids is 1. The highest BCUT2D eigenvalue weighted by molar-refractivity contribution is 6.42. The van der Waals surface area contributed by atoms with E-state index in [1.807, 2.05) is 18.2 Å². The molecule has 0 saturated carbocycles. The summed E-state index contributed by atoms with van der Waals surface area (Å²) in [7, 11) is 0. The first-order valence-corrected chi connectivity index (χ1v) is 8.08. The topological polar surface area (TPSA) is 59.9 Å². The summed E-state index contributed by atoms with van der Waals surface area (Å²) >= 11 is 11.8. The maximum absolute atomic E-state index is 11.7. The molecule has 2 rings (SSSR count). The van der Waals surface area contributed by atoms with Crippen molar-refractivity contribution in [1.82, 2.24) is 5.43 Å². The Morgan fingerprint density at radius 1 is 1.20 bits per heavy atom. The number of nitrogens with zero attached hydrogens (tertiary/aromatic N) is 1. The van der Waals surface area contributed by atoms with E-state index in [4.69, 9.17) is 32.7 Å². The highest BCUT2D eigenvalue weighted by Crippen LogP contribution is 2.31. The fourth-order valence-electron chi connectivity index (χ4n) is 1.79. The lowest BCUT2D eigenvalue weighted by molar-refractivity contribution is -0.123. The number of rotatable bonds is 8. The van der Waals surface area contributed by atoms with Crippen LogP contribution >= 0.6 is 23.2 Å². The fraction of sp³-hybridized carbons (Fsp3) is 0.111. The molecule has 0 saturated heterocycles. The highest BCUT2D eigenvalue weighted by atomic mass is 35.5. The molecule has 0 aromatic heterocycles. The van der Waals surface area contributed by atoms with Gasteiger partial charge in [0.15, 0.2) is 6.61 Å². The fourth-order valence-corrected chi connectivity index (χ4v) is 2.14. The van der Waals surface area contributed by atoms with Crippen molar-refractivity contribution in [3.63, 3.8) is 0 Å². The lowest BCUT2D eigenvalue weighted by atomic mass is 10.2. The van der Waals surface area contributed by atoms with Gasteiger partial charge in [-0.1, -0.05) is 54.1 Å². The monoisotopic (exact) mass is 378 g/mol. The molecule has 0 fully saturated rings. The van der Waals surface area contributed by atoms with Gasteiger partial charge in [-0.25, -0.2) is 5.43 Å². The smallest absolute Gasteiger partial charge is 0.277 e.